The van der Waals surface area contributed by atoms with Gasteiger partial charge >= 0.3 is 0 Å². The average molecular weight is 214 g/mol. The van der Waals surface area contributed by atoms with Crippen molar-refractivity contribution >= 4 is 11.8 Å². The average Bonchev–Trinajstić information content (AvgIpc) is 2.12. The number of thioether (sulfide) groups is 1. The SMILES string of the molecule is C[C@@H]1CCC[C@@]2(C1)OCC(C)(C)CS2. The predicted octanol–water partition coefficient (Wildman–Crippen LogP) is 3.68. The van der Waals surface area contributed by atoms with Crippen LogP contribution < -0.4 is 0 Å². The van der Waals surface area contributed by atoms with Gasteiger partial charge in [0, 0.05) is 5.75 Å². The lowest BCUT2D eigenvalue weighted by Gasteiger charge is -2.46. The highest BCUT2D eigenvalue weighted by Gasteiger charge is 2.42. The van der Waals surface area contributed by atoms with Gasteiger partial charge in [-0.05, 0) is 30.6 Å². The molecule has 0 unspecified atom stereocenters. The largest absolute Gasteiger partial charge is 0.364 e. The molecule has 82 valence electrons. The smallest absolute Gasteiger partial charge is 0.114 e. The molecule has 1 spiro atoms. The summed E-state index contributed by atoms with van der Waals surface area (Å²) in [5, 5.41) is 0. The Hall–Kier alpha value is 0.310. The Bertz CT molecular complexity index is 202. The van der Waals surface area contributed by atoms with Crippen LogP contribution in [0.1, 0.15) is 46.5 Å². The van der Waals surface area contributed by atoms with Gasteiger partial charge in [0.1, 0.15) is 4.93 Å². The molecule has 0 amide bonds. The summed E-state index contributed by atoms with van der Waals surface area (Å²) in [6.45, 7) is 7.93. The molecule has 1 aliphatic carbocycles. The molecule has 14 heavy (non-hydrogen) atoms. The first kappa shape index (κ1) is 10.8. The van der Waals surface area contributed by atoms with E-state index in [9.17, 15) is 0 Å². The minimum Gasteiger partial charge on any atom is -0.364 e. The molecule has 1 heterocycles. The Kier molecular flexibility index (Phi) is 2.87. The monoisotopic (exact) mass is 214 g/mol. The van der Waals surface area contributed by atoms with Crippen LogP contribution in [0.4, 0.5) is 0 Å². The number of hydrogen-bond acceptors (Lipinski definition) is 2. The molecule has 0 aromatic carbocycles. The Morgan fingerprint density at radius 3 is 2.71 bits per heavy atom. The molecule has 2 heteroatoms. The van der Waals surface area contributed by atoms with Gasteiger partial charge < -0.3 is 4.74 Å². The third-order valence-corrected chi connectivity index (χ3v) is 5.31. The Morgan fingerprint density at radius 1 is 1.36 bits per heavy atom. The fourth-order valence-corrected chi connectivity index (χ4v) is 4.02. The highest BCUT2D eigenvalue weighted by molar-refractivity contribution is 8.00. The summed E-state index contributed by atoms with van der Waals surface area (Å²) in [5.74, 6) is 2.12. The van der Waals surface area contributed by atoms with Gasteiger partial charge in [-0.15, -0.1) is 11.8 Å². The van der Waals surface area contributed by atoms with E-state index in [-0.39, 0.29) is 4.93 Å². The molecule has 0 aromatic heterocycles. The molecule has 1 saturated heterocycles. The van der Waals surface area contributed by atoms with Gasteiger partial charge in [-0.1, -0.05) is 27.2 Å². The maximum Gasteiger partial charge on any atom is 0.114 e. The first-order valence-electron chi connectivity index (χ1n) is 5.79. The molecule has 1 aliphatic heterocycles. The van der Waals surface area contributed by atoms with Gasteiger partial charge in [-0.2, -0.15) is 0 Å². The van der Waals surface area contributed by atoms with Crippen LogP contribution in [-0.4, -0.2) is 17.3 Å². The van der Waals surface area contributed by atoms with Crippen LogP contribution in [0.2, 0.25) is 0 Å². The fraction of sp³-hybridized carbons (Fsp3) is 1.00. The Labute approximate surface area is 92.0 Å². The third-order valence-electron chi connectivity index (χ3n) is 3.37. The predicted molar refractivity (Wildman–Crippen MR) is 62.6 cm³/mol. The number of ether oxygens (including phenoxy) is 1. The minimum absolute atomic E-state index is 0.202. The topological polar surface area (TPSA) is 9.23 Å². The van der Waals surface area contributed by atoms with Crippen LogP contribution in [-0.2, 0) is 4.74 Å². The van der Waals surface area contributed by atoms with Crippen LogP contribution in [0, 0.1) is 11.3 Å². The highest BCUT2D eigenvalue weighted by atomic mass is 32.2. The van der Waals surface area contributed by atoms with E-state index in [1.165, 1.54) is 31.4 Å². The minimum atomic E-state index is 0.202. The number of rotatable bonds is 0. The molecular weight excluding hydrogens is 192 g/mol. The first-order valence-corrected chi connectivity index (χ1v) is 6.78. The van der Waals surface area contributed by atoms with Crippen LogP contribution >= 0.6 is 11.8 Å². The van der Waals surface area contributed by atoms with Gasteiger partial charge in [0.15, 0.2) is 0 Å². The summed E-state index contributed by atoms with van der Waals surface area (Å²) < 4.78 is 6.16. The summed E-state index contributed by atoms with van der Waals surface area (Å²) in [6.07, 6.45) is 5.30. The van der Waals surface area contributed by atoms with Crippen LogP contribution in [0.3, 0.4) is 0 Å². The molecule has 0 bridgehead atoms. The Balaban J connectivity index is 1.98. The molecule has 2 rings (SSSR count). The van der Waals surface area contributed by atoms with Gasteiger partial charge in [-0.25, -0.2) is 0 Å². The molecule has 0 aromatic rings. The van der Waals surface area contributed by atoms with Crippen molar-refractivity contribution in [1.82, 2.24) is 0 Å². The zero-order chi connectivity index (χ0) is 10.2. The van der Waals surface area contributed by atoms with Gasteiger partial charge in [-0.3, -0.25) is 0 Å². The van der Waals surface area contributed by atoms with Crippen molar-refractivity contribution in [3.63, 3.8) is 0 Å². The maximum absolute atomic E-state index is 6.16. The van der Waals surface area contributed by atoms with Gasteiger partial charge in [0.05, 0.1) is 6.61 Å². The molecule has 2 fully saturated rings. The van der Waals surface area contributed by atoms with Crippen LogP contribution in [0.15, 0.2) is 0 Å². The lowest BCUT2D eigenvalue weighted by Crippen LogP contribution is -2.43. The fourth-order valence-electron chi connectivity index (χ4n) is 2.45. The molecule has 0 radical (unpaired) electrons. The molecular formula is C12H22OS. The molecule has 2 aliphatic rings. The van der Waals surface area contributed by atoms with E-state index in [2.05, 4.69) is 32.5 Å². The maximum atomic E-state index is 6.16. The van der Waals surface area contributed by atoms with E-state index in [0.29, 0.717) is 5.41 Å². The van der Waals surface area contributed by atoms with Crippen molar-refractivity contribution in [2.45, 2.75) is 51.4 Å². The standard InChI is InChI=1S/C12H22OS/c1-10-5-4-6-12(7-10)13-8-11(2,3)9-14-12/h10H,4-9H2,1-3H3/t10-,12-/m1/s1. The molecule has 1 saturated carbocycles. The summed E-state index contributed by atoms with van der Waals surface area (Å²) >= 11 is 2.07. The van der Waals surface area contributed by atoms with Crippen molar-refractivity contribution in [3.05, 3.63) is 0 Å². The van der Waals surface area contributed by atoms with Crippen molar-refractivity contribution in [1.29, 1.82) is 0 Å². The molecule has 0 N–H and O–H groups in total. The second-order valence-electron chi connectivity index (χ2n) is 5.85. The zero-order valence-corrected chi connectivity index (χ0v) is 10.5. The lowest BCUT2D eigenvalue weighted by molar-refractivity contribution is -0.0522. The quantitative estimate of drug-likeness (QED) is 0.608. The Morgan fingerprint density at radius 2 is 2.14 bits per heavy atom. The lowest BCUT2D eigenvalue weighted by atomic mass is 9.87. The van der Waals surface area contributed by atoms with E-state index in [0.717, 1.165) is 12.5 Å². The van der Waals surface area contributed by atoms with Gasteiger partial charge in [0.2, 0.25) is 0 Å². The first-order chi connectivity index (χ1) is 6.52. The molecule has 2 atom stereocenters. The van der Waals surface area contributed by atoms with Crippen molar-refractivity contribution in [2.75, 3.05) is 12.4 Å². The highest BCUT2D eigenvalue weighted by Crippen LogP contribution is 2.48. The summed E-state index contributed by atoms with van der Waals surface area (Å²) in [5.41, 5.74) is 0.386. The summed E-state index contributed by atoms with van der Waals surface area (Å²) in [7, 11) is 0. The van der Waals surface area contributed by atoms with Gasteiger partial charge in [0.25, 0.3) is 0 Å². The normalized spacial score (nSPS) is 42.6. The second-order valence-corrected chi connectivity index (χ2v) is 7.18. The van der Waals surface area contributed by atoms with E-state index >= 15 is 0 Å². The van der Waals surface area contributed by atoms with Crippen molar-refractivity contribution < 1.29 is 4.74 Å². The van der Waals surface area contributed by atoms with E-state index in [1.807, 2.05) is 0 Å². The van der Waals surface area contributed by atoms with Crippen molar-refractivity contribution in [3.8, 4) is 0 Å². The van der Waals surface area contributed by atoms with Crippen molar-refractivity contribution in [2.24, 2.45) is 11.3 Å². The van der Waals surface area contributed by atoms with E-state index in [1.54, 1.807) is 0 Å². The number of hydrogen-bond donors (Lipinski definition) is 0. The zero-order valence-electron chi connectivity index (χ0n) is 9.64. The van der Waals surface area contributed by atoms with E-state index in [4.69, 9.17) is 4.74 Å². The third kappa shape index (κ3) is 2.27. The van der Waals surface area contributed by atoms with E-state index < -0.39 is 0 Å². The molecule has 1 nitrogen and oxygen atoms in total. The van der Waals surface area contributed by atoms with Crippen LogP contribution in [0.25, 0.3) is 0 Å². The van der Waals surface area contributed by atoms with Crippen LogP contribution in [0.5, 0.6) is 0 Å². The summed E-state index contributed by atoms with van der Waals surface area (Å²) in [6, 6.07) is 0. The second kappa shape index (κ2) is 3.71. The summed E-state index contributed by atoms with van der Waals surface area (Å²) in [4.78, 5) is 0.202.